The zero-order valence-corrected chi connectivity index (χ0v) is 23.9. The predicted octanol–water partition coefficient (Wildman–Crippen LogP) is 4.05. The molecule has 4 bridgehead atoms. The fraction of sp³-hybridized carbons (Fsp3) is 0.556. The number of halogens is 2. The number of carbonyl (C=O) groups is 2. The van der Waals surface area contributed by atoms with Crippen LogP contribution in [0.25, 0.3) is 11.3 Å². The molecule has 3 N–H and O–H groups in total. The monoisotopic (exact) mass is 594 g/mol. The molecule has 0 radical (unpaired) electrons. The Kier molecular flexibility index (Phi) is 6.68. The van der Waals surface area contributed by atoms with E-state index in [1.807, 2.05) is 6.92 Å². The number of hydrogen-bond donors (Lipinski definition) is 2. The van der Waals surface area contributed by atoms with Crippen LogP contribution in [0.2, 0.25) is 10.0 Å². The Morgan fingerprint density at radius 2 is 1.79 bits per heavy atom. The highest BCUT2D eigenvalue weighted by atomic mass is 35.5. The average molecular weight is 596 g/mol. The molecule has 210 valence electrons. The Balaban J connectivity index is 1.20. The first-order chi connectivity index (χ1) is 18.5. The van der Waals surface area contributed by atoms with E-state index in [0.29, 0.717) is 30.1 Å². The predicted molar refractivity (Wildman–Crippen MR) is 148 cm³/mol. The smallest absolute Gasteiger partial charge is 0.304 e. The van der Waals surface area contributed by atoms with E-state index in [1.165, 1.54) is 14.9 Å². The van der Waals surface area contributed by atoms with Crippen molar-refractivity contribution in [2.45, 2.75) is 45.1 Å². The minimum atomic E-state index is -4.09. The van der Waals surface area contributed by atoms with Crippen LogP contribution in [0.15, 0.2) is 34.9 Å². The molecular weight excluding hydrogens is 563 g/mol. The number of furan rings is 1. The zero-order valence-electron chi connectivity index (χ0n) is 21.6. The van der Waals surface area contributed by atoms with Crippen molar-refractivity contribution in [2.24, 2.45) is 34.8 Å². The van der Waals surface area contributed by atoms with Crippen molar-refractivity contribution in [3.05, 3.63) is 40.6 Å². The van der Waals surface area contributed by atoms with Crippen LogP contribution in [0.3, 0.4) is 0 Å². The highest BCUT2D eigenvalue weighted by Gasteiger charge is 2.58. The highest BCUT2D eigenvalue weighted by Crippen LogP contribution is 2.60. The van der Waals surface area contributed by atoms with E-state index >= 15 is 0 Å². The Morgan fingerprint density at radius 1 is 1.13 bits per heavy atom. The second-order valence-electron chi connectivity index (χ2n) is 11.9. The minimum Gasteiger partial charge on any atom is -0.464 e. The molecule has 1 aliphatic heterocycles. The molecule has 1 aromatic heterocycles. The summed E-state index contributed by atoms with van der Waals surface area (Å²) < 4.78 is 35.3. The summed E-state index contributed by atoms with van der Waals surface area (Å²) in [7, 11) is -4.09. The van der Waals surface area contributed by atoms with Gasteiger partial charge < -0.3 is 15.5 Å². The maximum atomic E-state index is 13.8. The van der Waals surface area contributed by atoms with E-state index in [2.05, 4.69) is 5.32 Å². The second-order valence-corrected chi connectivity index (χ2v) is 14.6. The number of nitrogens with zero attached hydrogens (tertiary/aromatic N) is 2. The summed E-state index contributed by atoms with van der Waals surface area (Å²) in [6.07, 6.45) is 5.70. The third-order valence-corrected chi connectivity index (χ3v) is 11.5. The quantitative estimate of drug-likeness (QED) is 0.521. The van der Waals surface area contributed by atoms with E-state index < -0.39 is 15.6 Å². The first-order valence-electron chi connectivity index (χ1n) is 13.4. The third-order valence-electron chi connectivity index (χ3n) is 9.11. The van der Waals surface area contributed by atoms with Crippen molar-refractivity contribution in [2.75, 3.05) is 23.9 Å². The van der Waals surface area contributed by atoms with Gasteiger partial charge in [0, 0.05) is 30.1 Å². The van der Waals surface area contributed by atoms with Gasteiger partial charge in [-0.05, 0) is 80.0 Å². The standard InChI is InChI=1S/C27H32Cl2N4O5S/c1-15-12-32(14-23(34)31-24-18-5-16-6-19(24)11-27(9-16,10-18)26(30)35)39(36,37)33(13-15)25-20(28)7-17(8-21(25)29)22-3-2-4-38-22/h2-4,7-8,15-16,18-19,24H,5-6,9-14H2,1H3,(H2,30,35)(H,31,34). The van der Waals surface area contributed by atoms with Gasteiger partial charge in [0.05, 0.1) is 28.5 Å². The topological polar surface area (TPSA) is 126 Å². The molecule has 3 unspecified atom stereocenters. The molecule has 2 amide bonds. The molecule has 1 aromatic carbocycles. The van der Waals surface area contributed by atoms with Gasteiger partial charge in [-0.1, -0.05) is 30.1 Å². The van der Waals surface area contributed by atoms with Gasteiger partial charge in [-0.25, -0.2) is 0 Å². The van der Waals surface area contributed by atoms with Crippen molar-refractivity contribution in [3.8, 4) is 11.3 Å². The Labute approximate surface area is 238 Å². The van der Waals surface area contributed by atoms with Crippen LogP contribution in [-0.4, -0.2) is 50.2 Å². The average Bonchev–Trinajstić information content (AvgIpc) is 3.39. The van der Waals surface area contributed by atoms with Gasteiger partial charge in [0.25, 0.3) is 0 Å². The molecule has 9 nitrogen and oxygen atoms in total. The minimum absolute atomic E-state index is 0.0689. The van der Waals surface area contributed by atoms with Gasteiger partial charge in [0.2, 0.25) is 11.8 Å². The van der Waals surface area contributed by atoms with Crippen molar-refractivity contribution in [1.29, 1.82) is 0 Å². The second kappa shape index (κ2) is 9.68. The lowest BCUT2D eigenvalue weighted by Gasteiger charge is -2.58. The number of hydrogen-bond acceptors (Lipinski definition) is 5. The molecule has 2 aromatic rings. The molecular formula is C27H32Cl2N4O5S. The van der Waals surface area contributed by atoms with E-state index in [0.717, 1.165) is 19.3 Å². The van der Waals surface area contributed by atoms with Crippen LogP contribution in [0.5, 0.6) is 0 Å². The first-order valence-corrected chi connectivity index (χ1v) is 15.5. The van der Waals surface area contributed by atoms with Crippen molar-refractivity contribution >= 4 is 50.9 Å². The lowest BCUT2D eigenvalue weighted by Crippen LogP contribution is -2.63. The number of carbonyl (C=O) groups excluding carboxylic acids is 2. The Hall–Kier alpha value is -2.27. The number of amides is 2. The van der Waals surface area contributed by atoms with Gasteiger partial charge in [-0.15, -0.1) is 0 Å². The number of rotatable bonds is 6. The van der Waals surface area contributed by atoms with E-state index in [4.69, 9.17) is 33.4 Å². The van der Waals surface area contributed by atoms with Gasteiger partial charge >= 0.3 is 10.2 Å². The van der Waals surface area contributed by atoms with Crippen molar-refractivity contribution in [1.82, 2.24) is 9.62 Å². The van der Waals surface area contributed by atoms with E-state index in [-0.39, 0.29) is 71.0 Å². The molecule has 3 atom stereocenters. The van der Waals surface area contributed by atoms with Crippen molar-refractivity contribution < 1.29 is 22.4 Å². The van der Waals surface area contributed by atoms with Gasteiger partial charge in [-0.2, -0.15) is 12.7 Å². The zero-order chi connectivity index (χ0) is 27.7. The summed E-state index contributed by atoms with van der Waals surface area (Å²) in [6.45, 7) is 2.01. The molecule has 39 heavy (non-hydrogen) atoms. The summed E-state index contributed by atoms with van der Waals surface area (Å²) in [5.74, 6) is 0.754. The number of benzene rings is 1. The summed E-state index contributed by atoms with van der Waals surface area (Å²) >= 11 is 13.2. The normalized spacial score (nSPS) is 33.3. The van der Waals surface area contributed by atoms with Crippen LogP contribution in [0, 0.1) is 29.1 Å². The fourth-order valence-corrected chi connectivity index (χ4v) is 10.4. The molecule has 7 rings (SSSR count). The molecule has 1 saturated heterocycles. The largest absolute Gasteiger partial charge is 0.464 e. The van der Waals surface area contributed by atoms with Crippen LogP contribution >= 0.6 is 23.2 Å². The third kappa shape index (κ3) is 4.63. The maximum absolute atomic E-state index is 13.8. The molecule has 12 heteroatoms. The first kappa shape index (κ1) is 26.9. The van der Waals surface area contributed by atoms with E-state index in [1.54, 1.807) is 24.3 Å². The fourth-order valence-electron chi connectivity index (χ4n) is 7.71. The Morgan fingerprint density at radius 3 is 2.38 bits per heavy atom. The van der Waals surface area contributed by atoms with Crippen LogP contribution in [-0.2, 0) is 19.8 Å². The van der Waals surface area contributed by atoms with Crippen LogP contribution in [0.4, 0.5) is 5.69 Å². The van der Waals surface area contributed by atoms with Gasteiger partial charge in [0.15, 0.2) is 0 Å². The van der Waals surface area contributed by atoms with Gasteiger partial charge in [0.1, 0.15) is 5.76 Å². The summed E-state index contributed by atoms with van der Waals surface area (Å²) in [4.78, 5) is 25.5. The maximum Gasteiger partial charge on any atom is 0.304 e. The SMILES string of the molecule is CC1CN(CC(=O)NC2C3CC4CC2CC(C(N)=O)(C4)C3)S(=O)(=O)N(c2c(Cl)cc(-c3ccco3)cc2Cl)C1. The molecule has 4 aliphatic carbocycles. The number of primary amides is 1. The van der Waals surface area contributed by atoms with Crippen molar-refractivity contribution in [3.63, 3.8) is 0 Å². The molecule has 4 saturated carbocycles. The summed E-state index contributed by atoms with van der Waals surface area (Å²) in [5.41, 5.74) is 6.16. The van der Waals surface area contributed by atoms with Crippen LogP contribution < -0.4 is 15.4 Å². The number of anilines is 1. The molecule has 2 heterocycles. The number of nitrogens with two attached hydrogens (primary N) is 1. The van der Waals surface area contributed by atoms with Crippen LogP contribution in [0.1, 0.15) is 39.0 Å². The molecule has 5 fully saturated rings. The van der Waals surface area contributed by atoms with Gasteiger partial charge in [-0.3, -0.25) is 13.9 Å². The highest BCUT2D eigenvalue weighted by molar-refractivity contribution is 7.90. The molecule has 0 spiro atoms. The lowest BCUT2D eigenvalue weighted by atomic mass is 9.47. The molecule has 5 aliphatic rings. The lowest BCUT2D eigenvalue weighted by molar-refractivity contribution is -0.147. The number of nitrogens with one attached hydrogen (secondary N) is 1. The summed E-state index contributed by atoms with van der Waals surface area (Å²) in [5, 5.41) is 3.49. The summed E-state index contributed by atoms with van der Waals surface area (Å²) in [6, 6.07) is 6.68. The van der Waals surface area contributed by atoms with E-state index in [9.17, 15) is 18.0 Å². The Bertz CT molecular complexity index is 1380.